The molecule has 0 bridgehead atoms. The van der Waals surface area contributed by atoms with Gasteiger partial charge < -0.3 is 4.74 Å². The van der Waals surface area contributed by atoms with E-state index in [1.54, 1.807) is 10.5 Å². The highest BCUT2D eigenvalue weighted by molar-refractivity contribution is 7.15. The van der Waals surface area contributed by atoms with Crippen LogP contribution in [0.1, 0.15) is 25.5 Å². The summed E-state index contributed by atoms with van der Waals surface area (Å²) in [5.41, 5.74) is 2.54. The minimum Gasteiger partial charge on any atom is -0.466 e. The van der Waals surface area contributed by atoms with E-state index in [1.807, 2.05) is 42.6 Å². The van der Waals surface area contributed by atoms with Crippen molar-refractivity contribution >= 4 is 22.3 Å². The largest absolute Gasteiger partial charge is 0.466 e. The minimum absolute atomic E-state index is 0.0703. The van der Waals surface area contributed by atoms with Gasteiger partial charge in [0.1, 0.15) is 0 Å². The number of carbonyl (C=O) groups is 1. The van der Waals surface area contributed by atoms with Gasteiger partial charge in [-0.1, -0.05) is 30.3 Å². The SMILES string of the molecule is CCOC(=O)[C@H]1CCCN(Cc2cc(=O)n3c(-c4ccccc4)csc3n2)C1. The lowest BCUT2D eigenvalue weighted by atomic mass is 9.98. The molecule has 146 valence electrons. The molecule has 0 aliphatic carbocycles. The lowest BCUT2D eigenvalue weighted by molar-refractivity contribution is -0.150. The number of esters is 1. The molecule has 2 aromatic heterocycles. The third kappa shape index (κ3) is 3.86. The van der Waals surface area contributed by atoms with Gasteiger partial charge in [0.15, 0.2) is 4.96 Å². The Bertz CT molecular complexity index is 1030. The lowest BCUT2D eigenvalue weighted by Crippen LogP contribution is -2.39. The minimum atomic E-state index is -0.124. The summed E-state index contributed by atoms with van der Waals surface area (Å²) in [6.07, 6.45) is 1.80. The van der Waals surface area contributed by atoms with Crippen LogP contribution < -0.4 is 5.56 Å². The molecular formula is C21H23N3O3S. The fourth-order valence-electron chi connectivity index (χ4n) is 3.74. The van der Waals surface area contributed by atoms with E-state index in [4.69, 9.17) is 9.72 Å². The molecule has 1 aliphatic heterocycles. The molecule has 0 spiro atoms. The Morgan fingerprint density at radius 1 is 1.32 bits per heavy atom. The Morgan fingerprint density at radius 2 is 2.14 bits per heavy atom. The topological polar surface area (TPSA) is 63.9 Å². The highest BCUT2D eigenvalue weighted by Gasteiger charge is 2.27. The van der Waals surface area contributed by atoms with Gasteiger partial charge in [-0.2, -0.15) is 0 Å². The van der Waals surface area contributed by atoms with Crippen molar-refractivity contribution in [3.8, 4) is 11.3 Å². The average Bonchev–Trinajstić information content (AvgIpc) is 3.14. The molecule has 0 N–H and O–H groups in total. The van der Waals surface area contributed by atoms with Crippen LogP contribution in [0.25, 0.3) is 16.2 Å². The molecule has 0 saturated carbocycles. The quantitative estimate of drug-likeness (QED) is 0.619. The van der Waals surface area contributed by atoms with Gasteiger partial charge in [-0.25, -0.2) is 4.98 Å². The third-order valence-corrected chi connectivity index (χ3v) is 5.86. The van der Waals surface area contributed by atoms with E-state index < -0.39 is 0 Å². The van der Waals surface area contributed by atoms with Gasteiger partial charge in [-0.3, -0.25) is 18.9 Å². The summed E-state index contributed by atoms with van der Waals surface area (Å²) in [5, 5.41) is 1.97. The molecule has 3 aromatic rings. The van der Waals surface area contributed by atoms with Gasteiger partial charge in [0.05, 0.1) is 23.9 Å². The van der Waals surface area contributed by atoms with Gasteiger partial charge in [-0.15, -0.1) is 11.3 Å². The number of rotatable bonds is 5. The van der Waals surface area contributed by atoms with Crippen molar-refractivity contribution < 1.29 is 9.53 Å². The van der Waals surface area contributed by atoms with Gasteiger partial charge in [0.25, 0.3) is 5.56 Å². The average molecular weight is 398 g/mol. The molecular weight excluding hydrogens is 374 g/mol. The number of nitrogens with zero attached hydrogens (tertiary/aromatic N) is 3. The molecule has 6 nitrogen and oxygen atoms in total. The maximum absolute atomic E-state index is 12.8. The monoisotopic (exact) mass is 397 g/mol. The highest BCUT2D eigenvalue weighted by Crippen LogP contribution is 2.24. The number of hydrogen-bond acceptors (Lipinski definition) is 6. The van der Waals surface area contributed by atoms with Gasteiger partial charge in [-0.05, 0) is 31.9 Å². The Balaban J connectivity index is 1.56. The van der Waals surface area contributed by atoms with E-state index in [0.29, 0.717) is 24.7 Å². The fraction of sp³-hybridized carbons (Fsp3) is 0.381. The second-order valence-corrected chi connectivity index (χ2v) is 7.85. The maximum atomic E-state index is 12.8. The van der Waals surface area contributed by atoms with Crippen LogP contribution in [0.15, 0.2) is 46.6 Å². The molecule has 3 heterocycles. The molecule has 1 fully saturated rings. The summed E-state index contributed by atoms with van der Waals surface area (Å²) < 4.78 is 6.84. The summed E-state index contributed by atoms with van der Waals surface area (Å²) in [7, 11) is 0. The number of piperidine rings is 1. The molecule has 4 rings (SSSR count). The maximum Gasteiger partial charge on any atom is 0.310 e. The summed E-state index contributed by atoms with van der Waals surface area (Å²) in [5.74, 6) is -0.216. The number of carbonyl (C=O) groups excluding carboxylic acids is 1. The Kier molecular flexibility index (Phi) is 5.54. The Morgan fingerprint density at radius 3 is 2.93 bits per heavy atom. The lowest BCUT2D eigenvalue weighted by Gasteiger charge is -2.31. The number of aromatic nitrogens is 2. The van der Waals surface area contributed by atoms with Crippen LogP contribution >= 0.6 is 11.3 Å². The van der Waals surface area contributed by atoms with Crippen molar-refractivity contribution in [2.24, 2.45) is 5.92 Å². The highest BCUT2D eigenvalue weighted by atomic mass is 32.1. The molecule has 7 heteroatoms. The van der Waals surface area contributed by atoms with E-state index in [1.165, 1.54) is 11.3 Å². The first-order valence-corrected chi connectivity index (χ1v) is 10.5. The van der Waals surface area contributed by atoms with Crippen LogP contribution in [-0.2, 0) is 16.1 Å². The smallest absolute Gasteiger partial charge is 0.310 e. The van der Waals surface area contributed by atoms with Crippen LogP contribution in [0.5, 0.6) is 0 Å². The standard InChI is InChI=1S/C21H23N3O3S/c1-2-27-20(26)16-9-6-10-23(12-16)13-17-11-19(25)24-18(14-28-21(24)22-17)15-7-4-3-5-8-15/h3-5,7-8,11,14,16H,2,6,9-10,12-13H2,1H3/t16-/m0/s1. The number of thiazole rings is 1. The normalized spacial score (nSPS) is 17.7. The van der Waals surface area contributed by atoms with Gasteiger partial charge >= 0.3 is 5.97 Å². The second kappa shape index (κ2) is 8.24. The first-order chi connectivity index (χ1) is 13.7. The van der Waals surface area contributed by atoms with E-state index >= 15 is 0 Å². The number of fused-ring (bicyclic) bond motifs is 1. The molecule has 0 amide bonds. The van der Waals surface area contributed by atoms with Crippen molar-refractivity contribution in [2.75, 3.05) is 19.7 Å². The molecule has 1 atom stereocenters. The summed E-state index contributed by atoms with van der Waals surface area (Å²) in [4.78, 5) is 32.4. The summed E-state index contributed by atoms with van der Waals surface area (Å²) >= 11 is 1.47. The first kappa shape index (κ1) is 18.8. The van der Waals surface area contributed by atoms with Crippen molar-refractivity contribution in [1.82, 2.24) is 14.3 Å². The van der Waals surface area contributed by atoms with Crippen LogP contribution in [0.2, 0.25) is 0 Å². The number of hydrogen-bond donors (Lipinski definition) is 0. The summed E-state index contributed by atoms with van der Waals surface area (Å²) in [6, 6.07) is 11.5. The third-order valence-electron chi connectivity index (χ3n) is 5.04. The van der Waals surface area contributed by atoms with Crippen molar-refractivity contribution in [1.29, 1.82) is 0 Å². The summed E-state index contributed by atoms with van der Waals surface area (Å²) in [6.45, 7) is 4.36. The van der Waals surface area contributed by atoms with E-state index in [-0.39, 0.29) is 17.4 Å². The zero-order chi connectivity index (χ0) is 19.5. The second-order valence-electron chi connectivity index (χ2n) is 7.02. The van der Waals surface area contributed by atoms with Crippen LogP contribution in [0.4, 0.5) is 0 Å². The van der Waals surface area contributed by atoms with E-state index in [9.17, 15) is 9.59 Å². The predicted octanol–water partition coefficient (Wildman–Crippen LogP) is 3.20. The molecule has 28 heavy (non-hydrogen) atoms. The number of likely N-dealkylation sites (tertiary alicyclic amines) is 1. The molecule has 1 saturated heterocycles. The predicted molar refractivity (Wildman–Crippen MR) is 109 cm³/mol. The number of benzene rings is 1. The molecule has 1 aliphatic rings. The van der Waals surface area contributed by atoms with Crippen molar-refractivity contribution in [2.45, 2.75) is 26.3 Å². The van der Waals surface area contributed by atoms with Gasteiger partial charge in [0.2, 0.25) is 0 Å². The fourth-order valence-corrected chi connectivity index (χ4v) is 4.66. The first-order valence-electron chi connectivity index (χ1n) is 9.60. The van der Waals surface area contributed by atoms with Crippen LogP contribution in [-0.4, -0.2) is 40.0 Å². The molecule has 0 radical (unpaired) electrons. The van der Waals surface area contributed by atoms with Crippen molar-refractivity contribution in [3.63, 3.8) is 0 Å². The van der Waals surface area contributed by atoms with Crippen LogP contribution in [0.3, 0.4) is 0 Å². The zero-order valence-corrected chi connectivity index (χ0v) is 16.7. The molecule has 1 aromatic carbocycles. The Labute approximate surface area is 167 Å². The van der Waals surface area contributed by atoms with E-state index in [0.717, 1.165) is 36.3 Å². The Hall–Kier alpha value is -2.51. The molecule has 0 unspecified atom stereocenters. The van der Waals surface area contributed by atoms with E-state index in [2.05, 4.69) is 4.90 Å². The van der Waals surface area contributed by atoms with Gasteiger partial charge in [0, 0.05) is 24.5 Å². The zero-order valence-electron chi connectivity index (χ0n) is 15.8. The number of ether oxygens (including phenoxy) is 1. The van der Waals surface area contributed by atoms with Crippen molar-refractivity contribution in [3.05, 3.63) is 57.8 Å². The van der Waals surface area contributed by atoms with Crippen LogP contribution in [0, 0.1) is 5.92 Å².